The molecule has 0 aliphatic rings. The van der Waals surface area contributed by atoms with Gasteiger partial charge < -0.3 is 5.11 Å². The molecule has 1 aromatic carbocycles. The fourth-order valence-corrected chi connectivity index (χ4v) is 0.907. The summed E-state index contributed by atoms with van der Waals surface area (Å²) in [7, 11) is 0. The first-order valence-corrected chi connectivity index (χ1v) is 3.41. The predicted molar refractivity (Wildman–Crippen MR) is 41.0 cm³/mol. The third-order valence-corrected chi connectivity index (χ3v) is 1.49. The van der Waals surface area contributed by atoms with Gasteiger partial charge in [-0.1, -0.05) is 32.0 Å². The standard InChI is InChI=1S/C9H11O/c1-7(2)8-5-3-4-6-9(8)10/h3-5,7,10H,1-2H3. The van der Waals surface area contributed by atoms with E-state index in [1.54, 1.807) is 6.07 Å². The number of benzene rings is 1. The Bertz CT molecular complexity index is 216. The molecule has 0 aliphatic heterocycles. The van der Waals surface area contributed by atoms with Crippen molar-refractivity contribution in [1.29, 1.82) is 0 Å². The molecule has 0 amide bonds. The van der Waals surface area contributed by atoms with Gasteiger partial charge in [0, 0.05) is 6.07 Å². The maximum Gasteiger partial charge on any atom is 0.126 e. The van der Waals surface area contributed by atoms with E-state index < -0.39 is 0 Å². The minimum absolute atomic E-state index is 0.275. The molecule has 0 saturated carbocycles. The van der Waals surface area contributed by atoms with E-state index >= 15 is 0 Å². The van der Waals surface area contributed by atoms with Gasteiger partial charge in [0.25, 0.3) is 0 Å². The van der Waals surface area contributed by atoms with Gasteiger partial charge in [-0.05, 0) is 11.5 Å². The monoisotopic (exact) mass is 135 g/mol. The molecule has 1 heteroatoms. The highest BCUT2D eigenvalue weighted by molar-refractivity contribution is 5.32. The van der Waals surface area contributed by atoms with Crippen molar-refractivity contribution >= 4 is 0 Å². The third-order valence-electron chi connectivity index (χ3n) is 1.49. The molecule has 1 N–H and O–H groups in total. The van der Waals surface area contributed by atoms with Gasteiger partial charge in [0.15, 0.2) is 0 Å². The molecule has 53 valence electrons. The van der Waals surface area contributed by atoms with Crippen LogP contribution in [0.1, 0.15) is 25.3 Å². The molecule has 10 heavy (non-hydrogen) atoms. The normalized spacial score (nSPS) is 10.3. The van der Waals surface area contributed by atoms with E-state index in [0.29, 0.717) is 5.92 Å². The second-order valence-corrected chi connectivity index (χ2v) is 2.63. The minimum Gasteiger partial charge on any atom is -0.507 e. The van der Waals surface area contributed by atoms with Crippen molar-refractivity contribution in [3.8, 4) is 5.75 Å². The summed E-state index contributed by atoms with van der Waals surface area (Å²) in [5.41, 5.74) is 0.961. The van der Waals surface area contributed by atoms with Crippen LogP contribution >= 0.6 is 0 Å². The second-order valence-electron chi connectivity index (χ2n) is 2.63. The van der Waals surface area contributed by atoms with E-state index in [0.717, 1.165) is 5.56 Å². The lowest BCUT2D eigenvalue weighted by atomic mass is 10.0. The molecule has 0 unspecified atom stereocenters. The molecule has 0 aromatic heterocycles. The molecule has 0 aliphatic carbocycles. The Hall–Kier alpha value is -0.980. The molecule has 0 bridgehead atoms. The summed E-state index contributed by atoms with van der Waals surface area (Å²) in [5.74, 6) is 0.648. The van der Waals surface area contributed by atoms with Crippen LogP contribution in [-0.2, 0) is 0 Å². The van der Waals surface area contributed by atoms with Crippen molar-refractivity contribution in [1.82, 2.24) is 0 Å². The summed E-state index contributed by atoms with van der Waals surface area (Å²) in [6.07, 6.45) is 0. The fraction of sp³-hybridized carbons (Fsp3) is 0.333. The molecule has 0 heterocycles. The zero-order chi connectivity index (χ0) is 7.56. The smallest absolute Gasteiger partial charge is 0.126 e. The number of phenols is 1. The maximum atomic E-state index is 9.23. The number of hydrogen-bond donors (Lipinski definition) is 1. The Balaban J connectivity index is 3.03. The van der Waals surface area contributed by atoms with Crippen LogP contribution in [0.15, 0.2) is 18.2 Å². The summed E-state index contributed by atoms with van der Waals surface area (Å²) in [6, 6.07) is 8.24. The van der Waals surface area contributed by atoms with Crippen molar-refractivity contribution in [2.75, 3.05) is 0 Å². The lowest BCUT2D eigenvalue weighted by Crippen LogP contribution is -1.86. The molecule has 1 rings (SSSR count). The first-order chi connectivity index (χ1) is 4.72. The zero-order valence-electron chi connectivity index (χ0n) is 6.26. The Morgan fingerprint density at radius 1 is 1.50 bits per heavy atom. The van der Waals surface area contributed by atoms with Gasteiger partial charge in [0.05, 0.1) is 0 Å². The van der Waals surface area contributed by atoms with Gasteiger partial charge in [0.2, 0.25) is 0 Å². The summed E-state index contributed by atoms with van der Waals surface area (Å²) in [4.78, 5) is 0. The largest absolute Gasteiger partial charge is 0.507 e. The highest BCUT2D eigenvalue weighted by Crippen LogP contribution is 2.23. The summed E-state index contributed by atoms with van der Waals surface area (Å²) in [5, 5.41) is 9.23. The van der Waals surface area contributed by atoms with Gasteiger partial charge in [-0.15, -0.1) is 0 Å². The van der Waals surface area contributed by atoms with Crippen LogP contribution in [-0.4, -0.2) is 5.11 Å². The minimum atomic E-state index is 0.275. The van der Waals surface area contributed by atoms with Crippen LogP contribution in [0.3, 0.4) is 0 Å². The van der Waals surface area contributed by atoms with Gasteiger partial charge in [-0.25, -0.2) is 0 Å². The van der Waals surface area contributed by atoms with Gasteiger partial charge in [-0.2, -0.15) is 0 Å². The molecule has 0 atom stereocenters. The molecule has 0 fully saturated rings. The lowest BCUT2D eigenvalue weighted by molar-refractivity contribution is 0.463. The van der Waals surface area contributed by atoms with Gasteiger partial charge in [0.1, 0.15) is 5.75 Å². The maximum absolute atomic E-state index is 9.23. The number of aromatic hydroxyl groups is 1. The summed E-state index contributed by atoms with van der Waals surface area (Å²) < 4.78 is 0. The number of phenolic OH excluding ortho intramolecular Hbond substituents is 1. The molecular formula is C9H11O. The fourth-order valence-electron chi connectivity index (χ4n) is 0.907. The molecule has 1 nitrogen and oxygen atoms in total. The second kappa shape index (κ2) is 2.74. The summed E-state index contributed by atoms with van der Waals surface area (Å²) in [6.45, 7) is 4.09. The van der Waals surface area contributed by atoms with Crippen molar-refractivity contribution in [2.24, 2.45) is 0 Å². The Morgan fingerprint density at radius 3 is 2.60 bits per heavy atom. The average Bonchev–Trinajstić information content (AvgIpc) is 1.88. The third kappa shape index (κ3) is 1.29. The van der Waals surface area contributed by atoms with Crippen LogP contribution < -0.4 is 0 Å². The van der Waals surface area contributed by atoms with E-state index in [1.807, 2.05) is 26.0 Å². The van der Waals surface area contributed by atoms with Crippen molar-refractivity contribution in [3.05, 3.63) is 29.8 Å². The van der Waals surface area contributed by atoms with E-state index in [4.69, 9.17) is 0 Å². The van der Waals surface area contributed by atoms with Gasteiger partial charge >= 0.3 is 0 Å². The van der Waals surface area contributed by atoms with E-state index in [-0.39, 0.29) is 5.75 Å². The zero-order valence-corrected chi connectivity index (χ0v) is 6.26. The van der Waals surface area contributed by atoms with Crippen LogP contribution in [0, 0.1) is 6.07 Å². The molecule has 0 saturated heterocycles. The Labute approximate surface area is 61.3 Å². The van der Waals surface area contributed by atoms with Crippen LogP contribution in [0.25, 0.3) is 0 Å². The Morgan fingerprint density at radius 2 is 2.20 bits per heavy atom. The van der Waals surface area contributed by atoms with Crippen LogP contribution in [0.4, 0.5) is 0 Å². The first kappa shape index (κ1) is 7.13. The molecule has 0 spiro atoms. The predicted octanol–water partition coefficient (Wildman–Crippen LogP) is 2.32. The molecular weight excluding hydrogens is 124 g/mol. The molecule has 1 radical (unpaired) electrons. The molecule has 1 aromatic rings. The van der Waals surface area contributed by atoms with Gasteiger partial charge in [-0.3, -0.25) is 0 Å². The topological polar surface area (TPSA) is 20.2 Å². The Kier molecular flexibility index (Phi) is 1.95. The van der Waals surface area contributed by atoms with Crippen molar-refractivity contribution in [3.63, 3.8) is 0 Å². The summed E-state index contributed by atoms with van der Waals surface area (Å²) >= 11 is 0. The quantitative estimate of drug-likeness (QED) is 0.626. The average molecular weight is 135 g/mol. The van der Waals surface area contributed by atoms with Crippen LogP contribution in [0.2, 0.25) is 0 Å². The lowest BCUT2D eigenvalue weighted by Gasteiger charge is -2.05. The highest BCUT2D eigenvalue weighted by atomic mass is 16.3. The van der Waals surface area contributed by atoms with E-state index in [9.17, 15) is 5.11 Å². The highest BCUT2D eigenvalue weighted by Gasteiger charge is 2.02. The first-order valence-electron chi connectivity index (χ1n) is 3.41. The van der Waals surface area contributed by atoms with Crippen LogP contribution in [0.5, 0.6) is 5.75 Å². The number of hydrogen-bond acceptors (Lipinski definition) is 1. The van der Waals surface area contributed by atoms with Crippen molar-refractivity contribution in [2.45, 2.75) is 19.8 Å². The van der Waals surface area contributed by atoms with Crippen molar-refractivity contribution < 1.29 is 5.11 Å². The number of rotatable bonds is 1. The SMILES string of the molecule is CC(C)c1ccc[c]c1O. The number of para-hydroxylation sites is 1. The van der Waals surface area contributed by atoms with E-state index in [2.05, 4.69) is 6.07 Å². The van der Waals surface area contributed by atoms with E-state index in [1.165, 1.54) is 0 Å².